The van der Waals surface area contributed by atoms with Crippen molar-refractivity contribution in [1.29, 1.82) is 0 Å². The number of benzene rings is 2. The SMILES string of the molecule is COc1ccc(OC)c(S(=O)(=O)Nc2cccc([C@@H]3OCC(C)(C)[C@H](C(C)C)O3)c2)c1. The van der Waals surface area contributed by atoms with Gasteiger partial charge in [0.1, 0.15) is 16.4 Å². The Morgan fingerprint density at radius 2 is 1.84 bits per heavy atom. The molecular formula is C23H31NO6S. The third kappa shape index (κ3) is 5.14. The van der Waals surface area contributed by atoms with E-state index in [-0.39, 0.29) is 22.2 Å². The van der Waals surface area contributed by atoms with E-state index in [0.29, 0.717) is 24.0 Å². The smallest absolute Gasteiger partial charge is 0.265 e. The van der Waals surface area contributed by atoms with Crippen LogP contribution in [-0.2, 0) is 19.5 Å². The van der Waals surface area contributed by atoms with Gasteiger partial charge in [-0.05, 0) is 30.2 Å². The molecule has 7 nitrogen and oxygen atoms in total. The number of nitrogens with one attached hydrogen (secondary N) is 1. The number of methoxy groups -OCH3 is 2. The maximum atomic E-state index is 13.1. The first-order valence-electron chi connectivity index (χ1n) is 10.2. The van der Waals surface area contributed by atoms with Crippen LogP contribution in [0.1, 0.15) is 39.5 Å². The number of anilines is 1. The molecule has 1 aliphatic heterocycles. The predicted octanol–water partition coefficient (Wildman–Crippen LogP) is 4.60. The van der Waals surface area contributed by atoms with Crippen LogP contribution in [0.4, 0.5) is 5.69 Å². The molecule has 3 rings (SSSR count). The first-order chi connectivity index (χ1) is 14.6. The monoisotopic (exact) mass is 449 g/mol. The fourth-order valence-corrected chi connectivity index (χ4v) is 5.15. The van der Waals surface area contributed by atoms with E-state index < -0.39 is 16.3 Å². The van der Waals surface area contributed by atoms with Crippen molar-refractivity contribution in [3.05, 3.63) is 48.0 Å². The van der Waals surface area contributed by atoms with E-state index in [1.165, 1.54) is 20.3 Å². The highest BCUT2D eigenvalue weighted by Crippen LogP contribution is 2.40. The van der Waals surface area contributed by atoms with E-state index in [4.69, 9.17) is 18.9 Å². The van der Waals surface area contributed by atoms with Gasteiger partial charge in [-0.1, -0.05) is 39.8 Å². The lowest BCUT2D eigenvalue weighted by atomic mass is 9.80. The zero-order valence-corrected chi connectivity index (χ0v) is 19.7. The van der Waals surface area contributed by atoms with Gasteiger partial charge >= 0.3 is 0 Å². The first kappa shape index (κ1) is 23.4. The summed E-state index contributed by atoms with van der Waals surface area (Å²) < 4.78 is 51.3. The minimum Gasteiger partial charge on any atom is -0.497 e. The second-order valence-electron chi connectivity index (χ2n) is 8.68. The van der Waals surface area contributed by atoms with Crippen LogP contribution in [0, 0.1) is 11.3 Å². The topological polar surface area (TPSA) is 83.1 Å². The molecule has 8 heteroatoms. The lowest BCUT2D eigenvalue weighted by Crippen LogP contribution is -2.45. The van der Waals surface area contributed by atoms with Gasteiger partial charge in [-0.3, -0.25) is 4.72 Å². The molecule has 0 aliphatic carbocycles. The van der Waals surface area contributed by atoms with Gasteiger partial charge in [0.25, 0.3) is 10.0 Å². The van der Waals surface area contributed by atoms with Crippen molar-refractivity contribution in [3.8, 4) is 11.5 Å². The van der Waals surface area contributed by atoms with E-state index in [9.17, 15) is 8.42 Å². The van der Waals surface area contributed by atoms with E-state index in [2.05, 4.69) is 32.4 Å². The number of sulfonamides is 1. The third-order valence-corrected chi connectivity index (χ3v) is 6.73. The molecule has 0 unspecified atom stereocenters. The first-order valence-corrected chi connectivity index (χ1v) is 11.7. The summed E-state index contributed by atoms with van der Waals surface area (Å²) >= 11 is 0. The van der Waals surface area contributed by atoms with Gasteiger partial charge in [0.15, 0.2) is 6.29 Å². The molecule has 2 aromatic rings. The Labute approximate surface area is 184 Å². The molecule has 0 radical (unpaired) electrons. The molecule has 2 atom stereocenters. The van der Waals surface area contributed by atoms with Crippen LogP contribution in [0.3, 0.4) is 0 Å². The fraction of sp³-hybridized carbons (Fsp3) is 0.478. The van der Waals surface area contributed by atoms with E-state index >= 15 is 0 Å². The molecule has 0 aromatic heterocycles. The van der Waals surface area contributed by atoms with Crippen molar-refractivity contribution in [2.45, 2.75) is 45.0 Å². The average molecular weight is 450 g/mol. The van der Waals surface area contributed by atoms with Crippen LogP contribution in [0.25, 0.3) is 0 Å². The lowest BCUT2D eigenvalue weighted by Gasteiger charge is -2.44. The Morgan fingerprint density at radius 3 is 2.48 bits per heavy atom. The normalized spacial score (nSPS) is 21.0. The molecule has 1 aliphatic rings. The molecule has 2 aromatic carbocycles. The lowest BCUT2D eigenvalue weighted by molar-refractivity contribution is -0.274. The number of hydrogen-bond acceptors (Lipinski definition) is 6. The van der Waals surface area contributed by atoms with Crippen LogP contribution >= 0.6 is 0 Å². The Morgan fingerprint density at radius 1 is 1.10 bits per heavy atom. The Hall–Kier alpha value is -2.29. The van der Waals surface area contributed by atoms with Crippen LogP contribution < -0.4 is 14.2 Å². The zero-order chi connectivity index (χ0) is 22.8. The second kappa shape index (κ2) is 9.06. The molecule has 31 heavy (non-hydrogen) atoms. The van der Waals surface area contributed by atoms with Gasteiger partial charge in [-0.15, -0.1) is 0 Å². The highest BCUT2D eigenvalue weighted by atomic mass is 32.2. The van der Waals surface area contributed by atoms with Gasteiger partial charge in [0.2, 0.25) is 0 Å². The van der Waals surface area contributed by atoms with E-state index in [1.54, 1.807) is 30.3 Å². The van der Waals surface area contributed by atoms with Gasteiger partial charge < -0.3 is 18.9 Å². The summed E-state index contributed by atoms with van der Waals surface area (Å²) in [6.07, 6.45) is -0.538. The van der Waals surface area contributed by atoms with E-state index in [0.717, 1.165) is 5.56 Å². The average Bonchev–Trinajstić information content (AvgIpc) is 2.72. The van der Waals surface area contributed by atoms with Gasteiger partial charge in [0.05, 0.1) is 26.9 Å². The largest absolute Gasteiger partial charge is 0.497 e. The molecule has 0 amide bonds. The molecule has 0 saturated carbocycles. The summed E-state index contributed by atoms with van der Waals surface area (Å²) in [5, 5.41) is 0. The summed E-state index contributed by atoms with van der Waals surface area (Å²) in [5.74, 6) is 0.968. The molecule has 0 bridgehead atoms. The van der Waals surface area contributed by atoms with Crippen molar-refractivity contribution >= 4 is 15.7 Å². The Bertz CT molecular complexity index is 1020. The van der Waals surface area contributed by atoms with Gasteiger partial charge in [-0.2, -0.15) is 0 Å². The summed E-state index contributed by atoms with van der Waals surface area (Å²) in [4.78, 5) is -0.00783. The highest BCUT2D eigenvalue weighted by molar-refractivity contribution is 7.92. The predicted molar refractivity (Wildman–Crippen MR) is 119 cm³/mol. The maximum absolute atomic E-state index is 13.1. The van der Waals surface area contributed by atoms with Crippen molar-refractivity contribution < 1.29 is 27.4 Å². The van der Waals surface area contributed by atoms with Crippen molar-refractivity contribution in [2.75, 3.05) is 25.5 Å². The van der Waals surface area contributed by atoms with Crippen LogP contribution in [0.15, 0.2) is 47.4 Å². The number of ether oxygens (including phenoxy) is 4. The van der Waals surface area contributed by atoms with Crippen molar-refractivity contribution in [3.63, 3.8) is 0 Å². The third-order valence-electron chi connectivity index (χ3n) is 5.32. The summed E-state index contributed by atoms with van der Waals surface area (Å²) in [6.45, 7) is 9.05. The minimum atomic E-state index is -3.92. The van der Waals surface area contributed by atoms with E-state index in [1.807, 2.05) is 6.07 Å². The minimum absolute atomic E-state index is 0.00783. The molecular weight excluding hydrogens is 418 g/mol. The summed E-state index contributed by atoms with van der Waals surface area (Å²) in [5.41, 5.74) is 1.05. The molecule has 170 valence electrons. The van der Waals surface area contributed by atoms with Crippen molar-refractivity contribution in [2.24, 2.45) is 11.3 Å². The summed E-state index contributed by atoms with van der Waals surface area (Å²) in [6, 6.07) is 11.7. The highest BCUT2D eigenvalue weighted by Gasteiger charge is 2.40. The fourth-order valence-electron chi connectivity index (χ4n) is 3.92. The second-order valence-corrected chi connectivity index (χ2v) is 10.3. The van der Waals surface area contributed by atoms with Crippen LogP contribution in [0.2, 0.25) is 0 Å². The summed E-state index contributed by atoms with van der Waals surface area (Å²) in [7, 11) is -1.02. The molecule has 1 saturated heterocycles. The van der Waals surface area contributed by atoms with Gasteiger partial charge in [-0.25, -0.2) is 8.42 Å². The molecule has 0 spiro atoms. The van der Waals surface area contributed by atoms with Crippen LogP contribution in [-0.4, -0.2) is 35.3 Å². The Kier molecular flexibility index (Phi) is 6.83. The molecule has 1 fully saturated rings. The number of hydrogen-bond donors (Lipinski definition) is 1. The van der Waals surface area contributed by atoms with Crippen molar-refractivity contribution in [1.82, 2.24) is 0 Å². The molecule has 1 N–H and O–H groups in total. The quantitative estimate of drug-likeness (QED) is 0.665. The van der Waals surface area contributed by atoms with Gasteiger partial charge in [0, 0.05) is 22.7 Å². The number of rotatable bonds is 7. The molecule has 1 heterocycles. The van der Waals surface area contributed by atoms with Crippen LogP contribution in [0.5, 0.6) is 11.5 Å². The Balaban J connectivity index is 1.86. The standard InChI is InChI=1S/C23H31NO6S/c1-15(2)21-23(3,4)14-29-22(30-21)16-8-7-9-17(12-16)24-31(25,26)20-13-18(27-5)10-11-19(20)28-6/h7-13,15,21-22,24H,14H2,1-6H3/t21-,22+/m0/s1. The zero-order valence-electron chi connectivity index (χ0n) is 18.8. The maximum Gasteiger partial charge on any atom is 0.265 e.